The quantitative estimate of drug-likeness (QED) is 0.560. The Morgan fingerprint density at radius 3 is 2.50 bits per heavy atom. The van der Waals surface area contributed by atoms with Gasteiger partial charge < -0.3 is 14.5 Å². The molecular weight excluding hydrogens is 359 g/mol. The first kappa shape index (κ1) is 20.2. The van der Waals surface area contributed by atoms with Crippen LogP contribution in [0, 0.1) is 11.2 Å². The van der Waals surface area contributed by atoms with E-state index in [2.05, 4.69) is 6.92 Å². The van der Waals surface area contributed by atoms with Crippen molar-refractivity contribution in [2.75, 3.05) is 26.4 Å². The van der Waals surface area contributed by atoms with Crippen molar-refractivity contribution in [3.05, 3.63) is 77.6 Å². The predicted octanol–water partition coefficient (Wildman–Crippen LogP) is 3.34. The molecule has 1 saturated heterocycles. The summed E-state index contributed by atoms with van der Waals surface area (Å²) in [4.78, 5) is 19.7. The first-order valence-corrected chi connectivity index (χ1v) is 9.19. The van der Waals surface area contributed by atoms with E-state index in [-0.39, 0.29) is 23.7 Å². The lowest BCUT2D eigenvalue weighted by atomic mass is 9.87. The van der Waals surface area contributed by atoms with Crippen molar-refractivity contribution in [3.8, 4) is 0 Å². The summed E-state index contributed by atoms with van der Waals surface area (Å²) in [5.41, 5.74) is 1.56. The van der Waals surface area contributed by atoms with Gasteiger partial charge in [-0.3, -0.25) is 4.79 Å². The van der Waals surface area contributed by atoms with Crippen LogP contribution < -0.4 is 5.90 Å². The molecule has 0 aliphatic carbocycles. The van der Waals surface area contributed by atoms with Crippen LogP contribution in [0.5, 0.6) is 0 Å². The lowest BCUT2D eigenvalue weighted by Crippen LogP contribution is -2.51. The summed E-state index contributed by atoms with van der Waals surface area (Å²) < 4.78 is 18.7. The summed E-state index contributed by atoms with van der Waals surface area (Å²) >= 11 is 0. The Morgan fingerprint density at radius 2 is 1.93 bits per heavy atom. The molecule has 1 atom stereocenters. The van der Waals surface area contributed by atoms with E-state index in [4.69, 9.17) is 15.5 Å². The molecular formula is C22H25FN2O3. The van der Waals surface area contributed by atoms with Crippen LogP contribution in [0.1, 0.15) is 24.1 Å². The number of nitrogens with zero attached hydrogens (tertiary/aromatic N) is 1. The maximum atomic E-state index is 13.4. The van der Waals surface area contributed by atoms with E-state index in [1.54, 1.807) is 29.2 Å². The second-order valence-electron chi connectivity index (χ2n) is 7.41. The van der Waals surface area contributed by atoms with Gasteiger partial charge in [0.25, 0.3) is 0 Å². The lowest BCUT2D eigenvalue weighted by molar-refractivity contribution is -0.146. The summed E-state index contributed by atoms with van der Waals surface area (Å²) in [6.07, 6.45) is 3.32. The fourth-order valence-electron chi connectivity index (χ4n) is 3.26. The first-order valence-electron chi connectivity index (χ1n) is 9.19. The number of carbonyl (C=O) groups excluding carboxylic acids is 1. The number of nitrogens with two attached hydrogens (primary N) is 1. The van der Waals surface area contributed by atoms with Gasteiger partial charge in [0, 0.05) is 18.0 Å². The van der Waals surface area contributed by atoms with Crippen molar-refractivity contribution in [3.63, 3.8) is 0 Å². The highest BCUT2D eigenvalue weighted by Crippen LogP contribution is 2.32. The molecule has 1 unspecified atom stereocenters. The molecule has 2 aromatic carbocycles. The number of rotatable bonds is 8. The van der Waals surface area contributed by atoms with Gasteiger partial charge in [-0.2, -0.15) is 0 Å². The SMILES string of the molecule is CC1(CN(C(=O)/C=C/c2ccccc2)C(CON)c2ccc(F)cc2)COC1. The number of hydrogen-bond acceptors (Lipinski definition) is 4. The monoisotopic (exact) mass is 384 g/mol. The average molecular weight is 384 g/mol. The Bertz CT molecular complexity index is 804. The minimum Gasteiger partial charge on any atom is -0.380 e. The molecule has 148 valence electrons. The number of amides is 1. The van der Waals surface area contributed by atoms with Crippen LogP contribution in [-0.2, 0) is 14.4 Å². The van der Waals surface area contributed by atoms with Crippen molar-refractivity contribution in [1.29, 1.82) is 0 Å². The van der Waals surface area contributed by atoms with Crippen LogP contribution in [0.4, 0.5) is 4.39 Å². The molecule has 1 fully saturated rings. The molecule has 2 aromatic rings. The number of benzene rings is 2. The molecule has 1 amide bonds. The second-order valence-corrected chi connectivity index (χ2v) is 7.41. The first-order chi connectivity index (χ1) is 13.5. The van der Waals surface area contributed by atoms with Crippen LogP contribution in [0.15, 0.2) is 60.7 Å². The zero-order valence-corrected chi connectivity index (χ0v) is 15.9. The van der Waals surface area contributed by atoms with Gasteiger partial charge in [-0.1, -0.05) is 49.4 Å². The summed E-state index contributed by atoms with van der Waals surface area (Å²) in [6.45, 7) is 3.82. The lowest BCUT2D eigenvalue weighted by Gasteiger charge is -2.44. The van der Waals surface area contributed by atoms with Gasteiger partial charge in [0.2, 0.25) is 5.91 Å². The van der Waals surface area contributed by atoms with Gasteiger partial charge in [0.05, 0.1) is 25.9 Å². The molecule has 2 N–H and O–H groups in total. The van der Waals surface area contributed by atoms with Gasteiger partial charge in [-0.15, -0.1) is 0 Å². The second kappa shape index (κ2) is 9.10. The Labute approximate surface area is 164 Å². The largest absolute Gasteiger partial charge is 0.380 e. The summed E-state index contributed by atoms with van der Waals surface area (Å²) in [5, 5.41) is 0. The van der Waals surface area contributed by atoms with Crippen LogP contribution in [0.2, 0.25) is 0 Å². The summed E-state index contributed by atoms with van der Waals surface area (Å²) in [6, 6.07) is 15.2. The van der Waals surface area contributed by atoms with Gasteiger partial charge >= 0.3 is 0 Å². The zero-order valence-electron chi connectivity index (χ0n) is 15.9. The van der Waals surface area contributed by atoms with E-state index in [1.807, 2.05) is 30.3 Å². The molecule has 3 rings (SSSR count). The molecule has 1 heterocycles. The smallest absolute Gasteiger partial charge is 0.247 e. The average Bonchev–Trinajstić information content (AvgIpc) is 2.69. The molecule has 0 radical (unpaired) electrons. The molecule has 0 bridgehead atoms. The standard InChI is InChI=1S/C22H25FN2O3/c1-22(15-27-16-22)14-25(21(26)12-7-17-5-3-2-4-6-17)20(13-28-24)18-8-10-19(23)11-9-18/h2-12,20H,13-16,24H2,1H3/b12-7+. The highest BCUT2D eigenvalue weighted by atomic mass is 19.1. The van der Waals surface area contributed by atoms with Crippen molar-refractivity contribution < 1.29 is 18.8 Å². The van der Waals surface area contributed by atoms with Gasteiger partial charge in [0.15, 0.2) is 0 Å². The molecule has 0 spiro atoms. The minimum absolute atomic E-state index is 0.105. The minimum atomic E-state index is -0.434. The molecule has 5 nitrogen and oxygen atoms in total. The molecule has 0 aromatic heterocycles. The van der Waals surface area contributed by atoms with E-state index in [1.165, 1.54) is 12.1 Å². The van der Waals surface area contributed by atoms with E-state index < -0.39 is 6.04 Å². The van der Waals surface area contributed by atoms with Crippen LogP contribution in [0.3, 0.4) is 0 Å². The predicted molar refractivity (Wildman–Crippen MR) is 105 cm³/mol. The van der Waals surface area contributed by atoms with Crippen molar-refractivity contribution in [2.45, 2.75) is 13.0 Å². The van der Waals surface area contributed by atoms with Gasteiger partial charge in [0.1, 0.15) is 5.82 Å². The molecule has 1 aliphatic heterocycles. The van der Waals surface area contributed by atoms with E-state index >= 15 is 0 Å². The third-order valence-corrected chi connectivity index (χ3v) is 4.84. The molecule has 0 saturated carbocycles. The third kappa shape index (κ3) is 5.04. The molecule has 1 aliphatic rings. The maximum Gasteiger partial charge on any atom is 0.247 e. The summed E-state index contributed by atoms with van der Waals surface area (Å²) in [5.74, 6) is 4.86. The van der Waals surface area contributed by atoms with Gasteiger partial charge in [-0.05, 0) is 29.3 Å². The third-order valence-electron chi connectivity index (χ3n) is 4.84. The van der Waals surface area contributed by atoms with Crippen molar-refractivity contribution >= 4 is 12.0 Å². The van der Waals surface area contributed by atoms with Crippen LogP contribution >= 0.6 is 0 Å². The Balaban J connectivity index is 1.88. The van der Waals surface area contributed by atoms with Crippen molar-refractivity contribution in [1.82, 2.24) is 4.90 Å². The highest BCUT2D eigenvalue weighted by Gasteiger charge is 2.38. The normalized spacial score (nSPS) is 16.5. The fraction of sp³-hybridized carbons (Fsp3) is 0.318. The number of ether oxygens (including phenoxy) is 1. The van der Waals surface area contributed by atoms with Crippen LogP contribution in [0.25, 0.3) is 6.08 Å². The Morgan fingerprint density at radius 1 is 1.25 bits per heavy atom. The number of hydrogen-bond donors (Lipinski definition) is 1. The number of halogens is 1. The Hall–Kier alpha value is -2.54. The number of carbonyl (C=O) groups is 1. The zero-order chi connectivity index (χ0) is 20.0. The fourth-order valence-corrected chi connectivity index (χ4v) is 3.26. The van der Waals surface area contributed by atoms with E-state index in [9.17, 15) is 9.18 Å². The van der Waals surface area contributed by atoms with Crippen molar-refractivity contribution in [2.24, 2.45) is 11.3 Å². The molecule has 28 heavy (non-hydrogen) atoms. The van der Waals surface area contributed by atoms with E-state index in [0.717, 1.165) is 11.1 Å². The van der Waals surface area contributed by atoms with Gasteiger partial charge in [-0.25, -0.2) is 10.3 Å². The van der Waals surface area contributed by atoms with Crippen LogP contribution in [-0.4, -0.2) is 37.2 Å². The highest BCUT2D eigenvalue weighted by molar-refractivity contribution is 5.92. The Kier molecular flexibility index (Phi) is 6.57. The summed E-state index contributed by atoms with van der Waals surface area (Å²) in [7, 11) is 0. The topological polar surface area (TPSA) is 64.8 Å². The maximum absolute atomic E-state index is 13.4. The van der Waals surface area contributed by atoms with E-state index in [0.29, 0.717) is 19.8 Å². The molecule has 6 heteroatoms.